The van der Waals surface area contributed by atoms with Gasteiger partial charge in [-0.2, -0.15) is 0 Å². The van der Waals surface area contributed by atoms with Crippen LogP contribution in [0.4, 0.5) is 0 Å². The first-order valence-electron chi connectivity index (χ1n) is 8.12. The van der Waals surface area contributed by atoms with E-state index in [-0.39, 0.29) is 0 Å². The summed E-state index contributed by atoms with van der Waals surface area (Å²) in [5, 5.41) is 4.71. The molecule has 5 rings (SSSR count). The molecule has 25 heavy (non-hydrogen) atoms. The van der Waals surface area contributed by atoms with E-state index in [1.807, 2.05) is 0 Å². The zero-order chi connectivity index (χ0) is 16.8. The average molecular weight is 385 g/mol. The minimum absolute atomic E-state index is 0.957. The molecule has 0 amide bonds. The Balaban J connectivity index is 1.91. The van der Waals surface area contributed by atoms with Crippen molar-refractivity contribution in [3.8, 4) is 11.1 Å². The number of fused-ring (bicyclic) bond motifs is 6. The Hall–Kier alpha value is -2.78. The van der Waals surface area contributed by atoms with E-state index in [1.54, 1.807) is 12.4 Å². The van der Waals surface area contributed by atoms with Crippen LogP contribution in [0.1, 0.15) is 0 Å². The fourth-order valence-corrected chi connectivity index (χ4v) is 3.72. The molecule has 0 spiro atoms. The Bertz CT molecular complexity index is 1210. The third-order valence-electron chi connectivity index (χ3n) is 4.62. The Labute approximate surface area is 153 Å². The second-order valence-electron chi connectivity index (χ2n) is 6.07. The molecular formula is C22H13BrN2. The Morgan fingerprint density at radius 3 is 1.88 bits per heavy atom. The van der Waals surface area contributed by atoms with Crippen LogP contribution < -0.4 is 0 Å². The van der Waals surface area contributed by atoms with Crippen LogP contribution in [0.5, 0.6) is 0 Å². The van der Waals surface area contributed by atoms with E-state index in [4.69, 9.17) is 0 Å². The maximum absolute atomic E-state index is 4.60. The zero-order valence-electron chi connectivity index (χ0n) is 13.3. The molecular weight excluding hydrogens is 372 g/mol. The number of hydrogen-bond acceptors (Lipinski definition) is 2. The van der Waals surface area contributed by atoms with Crippen molar-refractivity contribution >= 4 is 48.5 Å². The van der Waals surface area contributed by atoms with Crippen molar-refractivity contribution in [2.24, 2.45) is 0 Å². The summed E-state index contributed by atoms with van der Waals surface area (Å²) in [5.41, 5.74) is 4.32. The predicted molar refractivity (Wildman–Crippen MR) is 108 cm³/mol. The molecule has 0 aliphatic rings. The van der Waals surface area contributed by atoms with Crippen LogP contribution in [0.3, 0.4) is 0 Å². The van der Waals surface area contributed by atoms with E-state index in [0.717, 1.165) is 26.3 Å². The number of benzene rings is 4. The van der Waals surface area contributed by atoms with Gasteiger partial charge in [-0.05, 0) is 40.1 Å². The van der Waals surface area contributed by atoms with Crippen LogP contribution in [-0.2, 0) is 0 Å². The summed E-state index contributed by atoms with van der Waals surface area (Å²) in [5.74, 6) is 0. The summed E-state index contributed by atoms with van der Waals surface area (Å²) < 4.78 is 1.09. The van der Waals surface area contributed by atoms with E-state index >= 15 is 0 Å². The van der Waals surface area contributed by atoms with E-state index < -0.39 is 0 Å². The standard InChI is InChI=1S/C22H13BrN2/c23-16-8-5-14(6-9-16)15-7-10-19-20(13-15)17-3-1-2-4-18(17)21-22(19)25-12-11-24-21/h1-13H. The lowest BCUT2D eigenvalue weighted by Crippen LogP contribution is -1.89. The molecule has 0 saturated heterocycles. The molecule has 0 saturated carbocycles. The lowest BCUT2D eigenvalue weighted by atomic mass is 9.95. The van der Waals surface area contributed by atoms with Crippen LogP contribution in [0.15, 0.2) is 83.6 Å². The Kier molecular flexibility index (Phi) is 3.28. The highest BCUT2D eigenvalue weighted by atomic mass is 79.9. The quantitative estimate of drug-likeness (QED) is 0.314. The molecule has 2 nitrogen and oxygen atoms in total. The van der Waals surface area contributed by atoms with Crippen molar-refractivity contribution in [2.45, 2.75) is 0 Å². The normalized spacial score (nSPS) is 11.4. The molecule has 5 aromatic rings. The molecule has 0 aliphatic heterocycles. The van der Waals surface area contributed by atoms with Gasteiger partial charge in [-0.3, -0.25) is 9.97 Å². The van der Waals surface area contributed by atoms with Crippen molar-refractivity contribution in [3.63, 3.8) is 0 Å². The van der Waals surface area contributed by atoms with E-state index in [1.165, 1.54) is 21.9 Å². The van der Waals surface area contributed by atoms with E-state index in [9.17, 15) is 0 Å². The van der Waals surface area contributed by atoms with E-state index in [2.05, 4.69) is 92.6 Å². The largest absolute Gasteiger partial charge is 0.252 e. The Morgan fingerprint density at radius 2 is 1.16 bits per heavy atom. The van der Waals surface area contributed by atoms with Crippen LogP contribution in [0.25, 0.3) is 43.7 Å². The topological polar surface area (TPSA) is 25.8 Å². The molecule has 0 aliphatic carbocycles. The number of rotatable bonds is 1. The molecule has 0 unspecified atom stereocenters. The van der Waals surface area contributed by atoms with Crippen LogP contribution in [-0.4, -0.2) is 9.97 Å². The van der Waals surface area contributed by atoms with Gasteiger partial charge < -0.3 is 0 Å². The molecule has 0 fully saturated rings. The summed E-state index contributed by atoms with van der Waals surface area (Å²) in [6.07, 6.45) is 3.52. The van der Waals surface area contributed by atoms with Crippen molar-refractivity contribution in [1.29, 1.82) is 0 Å². The fourth-order valence-electron chi connectivity index (χ4n) is 3.45. The first-order valence-corrected chi connectivity index (χ1v) is 8.92. The fraction of sp³-hybridized carbons (Fsp3) is 0. The lowest BCUT2D eigenvalue weighted by Gasteiger charge is -2.10. The lowest BCUT2D eigenvalue weighted by molar-refractivity contribution is 1.31. The molecule has 0 atom stereocenters. The van der Waals surface area contributed by atoms with Crippen molar-refractivity contribution in [1.82, 2.24) is 9.97 Å². The molecule has 1 aromatic heterocycles. The highest BCUT2D eigenvalue weighted by Gasteiger charge is 2.11. The van der Waals surface area contributed by atoms with E-state index in [0.29, 0.717) is 0 Å². The van der Waals surface area contributed by atoms with Gasteiger partial charge in [-0.25, -0.2) is 0 Å². The highest BCUT2D eigenvalue weighted by molar-refractivity contribution is 9.10. The first kappa shape index (κ1) is 14.6. The number of aromatic nitrogens is 2. The second kappa shape index (κ2) is 5.64. The number of halogens is 1. The molecule has 118 valence electrons. The smallest absolute Gasteiger partial charge is 0.0971 e. The summed E-state index contributed by atoms with van der Waals surface area (Å²) in [7, 11) is 0. The first-order chi connectivity index (χ1) is 12.3. The van der Waals surface area contributed by atoms with Gasteiger partial charge in [-0.15, -0.1) is 0 Å². The third-order valence-corrected chi connectivity index (χ3v) is 5.15. The molecule has 0 N–H and O–H groups in total. The summed E-state index contributed by atoms with van der Waals surface area (Å²) in [6, 6.07) is 23.4. The number of hydrogen-bond donors (Lipinski definition) is 0. The van der Waals surface area contributed by atoms with Gasteiger partial charge in [0.25, 0.3) is 0 Å². The highest BCUT2D eigenvalue weighted by Crippen LogP contribution is 2.35. The molecule has 0 radical (unpaired) electrons. The van der Waals surface area contributed by atoms with Gasteiger partial charge in [0, 0.05) is 27.6 Å². The zero-order valence-corrected chi connectivity index (χ0v) is 14.9. The van der Waals surface area contributed by atoms with Crippen LogP contribution in [0.2, 0.25) is 0 Å². The van der Waals surface area contributed by atoms with Gasteiger partial charge in [0.05, 0.1) is 11.0 Å². The summed E-state index contributed by atoms with van der Waals surface area (Å²) >= 11 is 3.50. The molecule has 3 heteroatoms. The van der Waals surface area contributed by atoms with Crippen molar-refractivity contribution in [3.05, 3.63) is 83.6 Å². The van der Waals surface area contributed by atoms with Gasteiger partial charge in [0.1, 0.15) is 0 Å². The Morgan fingerprint density at radius 1 is 0.560 bits per heavy atom. The van der Waals surface area contributed by atoms with Crippen molar-refractivity contribution in [2.75, 3.05) is 0 Å². The van der Waals surface area contributed by atoms with Crippen molar-refractivity contribution < 1.29 is 0 Å². The SMILES string of the molecule is Brc1ccc(-c2ccc3c(c2)c2ccccc2c2nccnc32)cc1. The third kappa shape index (κ3) is 2.31. The van der Waals surface area contributed by atoms with Crippen LogP contribution >= 0.6 is 15.9 Å². The van der Waals surface area contributed by atoms with Gasteiger partial charge >= 0.3 is 0 Å². The molecule has 0 bridgehead atoms. The second-order valence-corrected chi connectivity index (χ2v) is 6.98. The van der Waals surface area contributed by atoms with Gasteiger partial charge in [-0.1, -0.05) is 64.5 Å². The minimum atomic E-state index is 0.957. The minimum Gasteiger partial charge on any atom is -0.252 e. The summed E-state index contributed by atoms with van der Waals surface area (Å²) in [6.45, 7) is 0. The maximum Gasteiger partial charge on any atom is 0.0971 e. The number of nitrogens with zero attached hydrogens (tertiary/aromatic N) is 2. The molecule has 4 aromatic carbocycles. The average Bonchev–Trinajstić information content (AvgIpc) is 2.68. The maximum atomic E-state index is 4.60. The monoisotopic (exact) mass is 384 g/mol. The van der Waals surface area contributed by atoms with Gasteiger partial charge in [0.15, 0.2) is 0 Å². The summed E-state index contributed by atoms with van der Waals surface area (Å²) in [4.78, 5) is 9.19. The van der Waals surface area contributed by atoms with Gasteiger partial charge in [0.2, 0.25) is 0 Å². The predicted octanol–water partition coefficient (Wildman–Crippen LogP) is 6.37. The van der Waals surface area contributed by atoms with Crippen LogP contribution in [0, 0.1) is 0 Å². The molecule has 1 heterocycles.